The first-order valence-electron chi connectivity index (χ1n) is 6.57. The summed E-state index contributed by atoms with van der Waals surface area (Å²) in [6.45, 7) is 5.35. The molecule has 6 nitrogen and oxygen atoms in total. The van der Waals surface area contributed by atoms with Crippen LogP contribution in [0, 0.1) is 5.92 Å². The molecule has 0 radical (unpaired) electrons. The molecule has 2 heterocycles. The maximum absolute atomic E-state index is 11.6. The van der Waals surface area contributed by atoms with Gasteiger partial charge in [0, 0.05) is 19.5 Å². The minimum Gasteiger partial charge on any atom is -0.369 e. The van der Waals surface area contributed by atoms with Crippen molar-refractivity contribution in [3.05, 3.63) is 11.4 Å². The van der Waals surface area contributed by atoms with E-state index in [9.17, 15) is 4.79 Å². The molecule has 0 aliphatic carbocycles. The van der Waals surface area contributed by atoms with Crippen LogP contribution in [0.2, 0.25) is 0 Å². The van der Waals surface area contributed by atoms with Gasteiger partial charge < -0.3 is 16.4 Å². The van der Waals surface area contributed by atoms with Crippen LogP contribution in [-0.4, -0.2) is 29.0 Å². The molecule has 0 unspecified atom stereocenters. The van der Waals surface area contributed by atoms with Gasteiger partial charge in [-0.15, -0.1) is 11.3 Å². The lowest BCUT2D eigenvalue weighted by atomic mass is 10.2. The average Bonchev–Trinajstić information content (AvgIpc) is 2.84. The van der Waals surface area contributed by atoms with E-state index < -0.39 is 0 Å². The third-order valence-corrected chi connectivity index (χ3v) is 3.50. The highest BCUT2D eigenvalue weighted by atomic mass is 32.1. The molecule has 4 N–H and O–H groups in total. The molecule has 1 amide bonds. The highest BCUT2D eigenvalue weighted by molar-refractivity contribution is 7.16. The smallest absolute Gasteiger partial charge is 0.223 e. The van der Waals surface area contributed by atoms with Crippen LogP contribution in [0.25, 0.3) is 10.2 Å². The highest BCUT2D eigenvalue weighted by Gasteiger charge is 2.08. The SMILES string of the molecule is CC(C)CNC(=O)CCNc1nc(N)nc2sccc12. The summed E-state index contributed by atoms with van der Waals surface area (Å²) < 4.78 is 0. The van der Waals surface area contributed by atoms with E-state index in [1.165, 1.54) is 11.3 Å². The van der Waals surface area contributed by atoms with E-state index in [4.69, 9.17) is 5.73 Å². The number of hydrogen-bond acceptors (Lipinski definition) is 6. The summed E-state index contributed by atoms with van der Waals surface area (Å²) in [5.74, 6) is 1.42. The number of aromatic nitrogens is 2. The summed E-state index contributed by atoms with van der Waals surface area (Å²) in [7, 11) is 0. The van der Waals surface area contributed by atoms with Crippen LogP contribution >= 0.6 is 11.3 Å². The van der Waals surface area contributed by atoms with Gasteiger partial charge in [0.25, 0.3) is 0 Å². The van der Waals surface area contributed by atoms with E-state index in [1.54, 1.807) is 0 Å². The number of anilines is 2. The molecule has 0 aliphatic rings. The molecule has 0 atom stereocenters. The van der Waals surface area contributed by atoms with Crippen LogP contribution in [0.5, 0.6) is 0 Å². The summed E-state index contributed by atoms with van der Waals surface area (Å²) >= 11 is 1.52. The molecule has 0 bridgehead atoms. The van der Waals surface area contributed by atoms with Gasteiger partial charge in [-0.1, -0.05) is 13.8 Å². The fourth-order valence-electron chi connectivity index (χ4n) is 1.71. The van der Waals surface area contributed by atoms with Crippen LogP contribution in [0.3, 0.4) is 0 Å². The lowest BCUT2D eigenvalue weighted by molar-refractivity contribution is -0.120. The van der Waals surface area contributed by atoms with Gasteiger partial charge in [0.15, 0.2) is 0 Å². The zero-order valence-electron chi connectivity index (χ0n) is 11.6. The molecule has 2 rings (SSSR count). The van der Waals surface area contributed by atoms with Gasteiger partial charge in [-0.2, -0.15) is 4.98 Å². The maximum Gasteiger partial charge on any atom is 0.223 e. The summed E-state index contributed by atoms with van der Waals surface area (Å²) in [5.41, 5.74) is 5.66. The molecule has 0 saturated carbocycles. The molecule has 0 aliphatic heterocycles. The number of carbonyl (C=O) groups excluding carboxylic acids is 1. The monoisotopic (exact) mass is 293 g/mol. The van der Waals surface area contributed by atoms with Gasteiger partial charge in [0.2, 0.25) is 11.9 Å². The fourth-order valence-corrected chi connectivity index (χ4v) is 2.48. The van der Waals surface area contributed by atoms with Crippen LogP contribution in [0.4, 0.5) is 11.8 Å². The van der Waals surface area contributed by atoms with Gasteiger partial charge in [-0.25, -0.2) is 4.98 Å². The number of nitrogens with two attached hydrogens (primary N) is 1. The molecular formula is C13H19N5OS. The van der Waals surface area contributed by atoms with Gasteiger partial charge in [-0.3, -0.25) is 4.79 Å². The number of nitrogen functional groups attached to an aromatic ring is 1. The van der Waals surface area contributed by atoms with Crippen molar-refractivity contribution in [3.63, 3.8) is 0 Å². The molecule has 7 heteroatoms. The first-order chi connectivity index (χ1) is 9.56. The predicted molar refractivity (Wildman–Crippen MR) is 82.8 cm³/mol. The summed E-state index contributed by atoms with van der Waals surface area (Å²) in [6, 6.07) is 1.95. The van der Waals surface area contributed by atoms with Crippen molar-refractivity contribution in [2.45, 2.75) is 20.3 Å². The normalized spacial score (nSPS) is 10.9. The topological polar surface area (TPSA) is 92.9 Å². The second-order valence-electron chi connectivity index (χ2n) is 4.94. The number of carbonyl (C=O) groups is 1. The Morgan fingerprint density at radius 1 is 1.45 bits per heavy atom. The number of nitrogens with one attached hydrogen (secondary N) is 2. The summed E-state index contributed by atoms with van der Waals surface area (Å²) in [5, 5.41) is 8.91. The van der Waals surface area contributed by atoms with Crippen LogP contribution in [0.1, 0.15) is 20.3 Å². The maximum atomic E-state index is 11.6. The zero-order valence-corrected chi connectivity index (χ0v) is 12.5. The van der Waals surface area contributed by atoms with Crippen LogP contribution < -0.4 is 16.4 Å². The van der Waals surface area contributed by atoms with E-state index in [1.807, 2.05) is 11.4 Å². The van der Waals surface area contributed by atoms with E-state index >= 15 is 0 Å². The van der Waals surface area contributed by atoms with Gasteiger partial charge in [0.05, 0.1) is 5.39 Å². The molecule has 2 aromatic heterocycles. The first kappa shape index (κ1) is 14.5. The number of fused-ring (bicyclic) bond motifs is 1. The quantitative estimate of drug-likeness (QED) is 0.756. The van der Waals surface area contributed by atoms with Gasteiger partial charge >= 0.3 is 0 Å². The molecule has 0 fully saturated rings. The van der Waals surface area contributed by atoms with Crippen molar-refractivity contribution >= 4 is 39.2 Å². The van der Waals surface area contributed by atoms with Crippen molar-refractivity contribution in [1.29, 1.82) is 0 Å². The fraction of sp³-hybridized carbons (Fsp3) is 0.462. The Morgan fingerprint density at radius 2 is 2.25 bits per heavy atom. The number of hydrogen-bond donors (Lipinski definition) is 3. The van der Waals surface area contributed by atoms with E-state index in [-0.39, 0.29) is 11.9 Å². The lowest BCUT2D eigenvalue weighted by Crippen LogP contribution is -2.28. The Balaban J connectivity index is 1.90. The van der Waals surface area contributed by atoms with Crippen LogP contribution in [0.15, 0.2) is 11.4 Å². The van der Waals surface area contributed by atoms with Crippen molar-refractivity contribution in [3.8, 4) is 0 Å². The lowest BCUT2D eigenvalue weighted by Gasteiger charge is -2.09. The number of thiophene rings is 1. The number of rotatable bonds is 6. The van der Waals surface area contributed by atoms with Crippen molar-refractivity contribution < 1.29 is 4.79 Å². The largest absolute Gasteiger partial charge is 0.369 e. The van der Waals surface area contributed by atoms with E-state index in [2.05, 4.69) is 34.4 Å². The standard InChI is InChI=1S/C13H19N5OS/c1-8(2)7-16-10(19)3-5-15-11-9-4-6-20-12(9)18-13(14)17-11/h4,6,8H,3,5,7H2,1-2H3,(H,16,19)(H3,14,15,17,18). The van der Waals surface area contributed by atoms with E-state index in [0.717, 1.165) is 10.2 Å². The van der Waals surface area contributed by atoms with Crippen molar-refractivity contribution in [1.82, 2.24) is 15.3 Å². The molecule has 2 aromatic rings. The first-order valence-corrected chi connectivity index (χ1v) is 7.45. The summed E-state index contributed by atoms with van der Waals surface area (Å²) in [6.07, 6.45) is 0.405. The highest BCUT2D eigenvalue weighted by Crippen LogP contribution is 2.25. The second-order valence-corrected chi connectivity index (χ2v) is 5.84. The molecule has 0 aromatic carbocycles. The molecule has 0 spiro atoms. The average molecular weight is 293 g/mol. The Bertz CT molecular complexity index is 595. The Labute approximate surface area is 121 Å². The van der Waals surface area contributed by atoms with E-state index in [0.29, 0.717) is 31.2 Å². The van der Waals surface area contributed by atoms with Crippen molar-refractivity contribution in [2.75, 3.05) is 24.1 Å². The van der Waals surface area contributed by atoms with Crippen LogP contribution in [-0.2, 0) is 4.79 Å². The summed E-state index contributed by atoms with van der Waals surface area (Å²) in [4.78, 5) is 20.8. The second kappa shape index (κ2) is 6.51. The van der Waals surface area contributed by atoms with Gasteiger partial charge in [-0.05, 0) is 17.4 Å². The third-order valence-electron chi connectivity index (χ3n) is 2.69. The Kier molecular flexibility index (Phi) is 4.73. The minimum atomic E-state index is 0.0368. The number of amides is 1. The Hall–Kier alpha value is -1.89. The van der Waals surface area contributed by atoms with Gasteiger partial charge in [0.1, 0.15) is 10.6 Å². The Morgan fingerprint density at radius 3 is 3.00 bits per heavy atom. The molecule has 0 saturated heterocycles. The predicted octanol–water partition coefficient (Wildman–Crippen LogP) is 1.85. The number of nitrogens with zero attached hydrogens (tertiary/aromatic N) is 2. The zero-order chi connectivity index (χ0) is 14.5. The molecule has 108 valence electrons. The molecular weight excluding hydrogens is 274 g/mol. The molecule has 20 heavy (non-hydrogen) atoms. The van der Waals surface area contributed by atoms with Crippen molar-refractivity contribution in [2.24, 2.45) is 5.92 Å². The third kappa shape index (κ3) is 3.80. The minimum absolute atomic E-state index is 0.0368.